The van der Waals surface area contributed by atoms with Gasteiger partial charge in [-0.05, 0) is 6.42 Å². The van der Waals surface area contributed by atoms with E-state index in [0.717, 1.165) is 12.8 Å². The van der Waals surface area contributed by atoms with E-state index in [4.69, 9.17) is 4.74 Å². The number of carbonyl (C=O) groups excluding carboxylic acids is 2. The van der Waals surface area contributed by atoms with Gasteiger partial charge in [-0.1, -0.05) is 96.8 Å². The van der Waals surface area contributed by atoms with Gasteiger partial charge in [0, 0.05) is 12.8 Å². The third kappa shape index (κ3) is 12.3. The SMILES string of the molecule is CCCCCCCCCCCCCCCCCC(=O)N[C@H]1CCOC1=O. The lowest BCUT2D eigenvalue weighted by Gasteiger charge is -2.08. The summed E-state index contributed by atoms with van der Waals surface area (Å²) in [5.74, 6) is -0.293. The van der Waals surface area contributed by atoms with Crippen LogP contribution in [0, 0.1) is 0 Å². The van der Waals surface area contributed by atoms with Crippen LogP contribution in [-0.2, 0) is 14.3 Å². The fourth-order valence-electron chi connectivity index (χ4n) is 3.55. The zero-order valence-electron chi connectivity index (χ0n) is 17.0. The van der Waals surface area contributed by atoms with Crippen molar-refractivity contribution in [2.75, 3.05) is 6.61 Å². The molecule has 26 heavy (non-hydrogen) atoms. The molecule has 0 aromatic carbocycles. The Bertz CT molecular complexity index is 370. The molecule has 4 heteroatoms. The van der Waals surface area contributed by atoms with E-state index in [9.17, 15) is 9.59 Å². The number of nitrogens with one attached hydrogen (secondary N) is 1. The minimum absolute atomic E-state index is 0.0106. The van der Waals surface area contributed by atoms with Crippen molar-refractivity contribution in [3.63, 3.8) is 0 Å². The van der Waals surface area contributed by atoms with E-state index in [0.29, 0.717) is 19.4 Å². The Morgan fingerprint density at radius 1 is 0.846 bits per heavy atom. The maximum atomic E-state index is 11.8. The molecule has 1 saturated heterocycles. The van der Waals surface area contributed by atoms with Crippen LogP contribution in [0.2, 0.25) is 0 Å². The highest BCUT2D eigenvalue weighted by Crippen LogP contribution is 2.14. The van der Waals surface area contributed by atoms with Gasteiger partial charge in [-0.3, -0.25) is 4.79 Å². The Balaban J connectivity index is 1.75. The van der Waals surface area contributed by atoms with E-state index < -0.39 is 6.04 Å². The van der Waals surface area contributed by atoms with Gasteiger partial charge in [0.15, 0.2) is 0 Å². The largest absolute Gasteiger partial charge is 0.464 e. The average molecular weight is 368 g/mol. The summed E-state index contributed by atoms with van der Waals surface area (Å²) < 4.78 is 4.84. The van der Waals surface area contributed by atoms with Crippen LogP contribution in [0.5, 0.6) is 0 Å². The van der Waals surface area contributed by atoms with Gasteiger partial charge in [0.2, 0.25) is 5.91 Å². The summed E-state index contributed by atoms with van der Waals surface area (Å²) in [7, 11) is 0. The highest BCUT2D eigenvalue weighted by molar-refractivity contribution is 5.85. The molecule has 0 aromatic heterocycles. The van der Waals surface area contributed by atoms with Gasteiger partial charge in [0.1, 0.15) is 6.04 Å². The van der Waals surface area contributed by atoms with E-state index in [-0.39, 0.29) is 11.9 Å². The molecule has 1 atom stereocenters. The van der Waals surface area contributed by atoms with Crippen molar-refractivity contribution >= 4 is 11.9 Å². The first-order chi connectivity index (χ1) is 12.7. The molecule has 0 unspecified atom stereocenters. The van der Waals surface area contributed by atoms with Crippen LogP contribution in [0.25, 0.3) is 0 Å². The van der Waals surface area contributed by atoms with Crippen molar-refractivity contribution in [3.8, 4) is 0 Å². The van der Waals surface area contributed by atoms with Crippen molar-refractivity contribution < 1.29 is 14.3 Å². The molecule has 1 N–H and O–H groups in total. The van der Waals surface area contributed by atoms with Gasteiger partial charge < -0.3 is 10.1 Å². The van der Waals surface area contributed by atoms with Crippen molar-refractivity contribution in [2.45, 2.75) is 122 Å². The highest BCUT2D eigenvalue weighted by Gasteiger charge is 2.27. The van der Waals surface area contributed by atoms with Crippen LogP contribution < -0.4 is 5.32 Å². The molecule has 1 rings (SSSR count). The van der Waals surface area contributed by atoms with E-state index in [1.54, 1.807) is 0 Å². The first-order valence-corrected chi connectivity index (χ1v) is 11.2. The Labute approximate surface area is 160 Å². The molecule has 0 spiro atoms. The topological polar surface area (TPSA) is 55.4 Å². The van der Waals surface area contributed by atoms with Gasteiger partial charge in [0.25, 0.3) is 0 Å². The average Bonchev–Trinajstić information content (AvgIpc) is 3.03. The zero-order valence-corrected chi connectivity index (χ0v) is 17.0. The van der Waals surface area contributed by atoms with Gasteiger partial charge in [-0.15, -0.1) is 0 Å². The smallest absolute Gasteiger partial charge is 0.328 e. The summed E-state index contributed by atoms with van der Waals surface area (Å²) in [5.41, 5.74) is 0. The standard InChI is InChI=1S/C22H41NO3/c1-2-3-4-5-6-7-8-9-10-11-12-13-14-15-16-17-21(24)23-20-18-19-26-22(20)25/h20H,2-19H2,1H3,(H,23,24)/t20-/m0/s1. The molecule has 1 aliphatic rings. The van der Waals surface area contributed by atoms with Crippen molar-refractivity contribution in [3.05, 3.63) is 0 Å². The minimum atomic E-state index is -0.404. The van der Waals surface area contributed by atoms with E-state index in [1.807, 2.05) is 0 Å². The van der Waals surface area contributed by atoms with Gasteiger partial charge in [0.05, 0.1) is 6.61 Å². The van der Waals surface area contributed by atoms with Crippen molar-refractivity contribution in [1.82, 2.24) is 5.32 Å². The molecular weight excluding hydrogens is 326 g/mol. The summed E-state index contributed by atoms with van der Waals surface area (Å²) in [5, 5.41) is 2.76. The molecule has 1 heterocycles. The fourth-order valence-corrected chi connectivity index (χ4v) is 3.55. The lowest BCUT2D eigenvalue weighted by Crippen LogP contribution is -2.37. The molecule has 0 bridgehead atoms. The molecule has 1 fully saturated rings. The number of carbonyl (C=O) groups is 2. The van der Waals surface area contributed by atoms with Crippen LogP contribution in [0.15, 0.2) is 0 Å². The molecule has 0 aliphatic carbocycles. The number of hydrogen-bond acceptors (Lipinski definition) is 3. The molecule has 152 valence electrons. The number of esters is 1. The number of amides is 1. The number of ether oxygens (including phenoxy) is 1. The van der Waals surface area contributed by atoms with Crippen molar-refractivity contribution in [1.29, 1.82) is 0 Å². The van der Waals surface area contributed by atoms with Crippen molar-refractivity contribution in [2.24, 2.45) is 0 Å². The number of cyclic esters (lactones) is 1. The molecule has 4 nitrogen and oxygen atoms in total. The fraction of sp³-hybridized carbons (Fsp3) is 0.909. The molecule has 0 radical (unpaired) electrons. The van der Waals surface area contributed by atoms with Crippen LogP contribution in [0.3, 0.4) is 0 Å². The third-order valence-corrected chi connectivity index (χ3v) is 5.28. The summed E-state index contributed by atoms with van der Waals surface area (Å²) in [4.78, 5) is 23.0. The maximum Gasteiger partial charge on any atom is 0.328 e. The second-order valence-electron chi connectivity index (χ2n) is 7.78. The number of hydrogen-bond donors (Lipinski definition) is 1. The van der Waals surface area contributed by atoms with Gasteiger partial charge in [-0.25, -0.2) is 4.79 Å². The van der Waals surface area contributed by atoms with Gasteiger partial charge in [-0.2, -0.15) is 0 Å². The Morgan fingerprint density at radius 2 is 1.31 bits per heavy atom. The Kier molecular flexibility index (Phi) is 14.3. The lowest BCUT2D eigenvalue weighted by atomic mass is 10.0. The molecule has 0 aromatic rings. The number of rotatable bonds is 17. The highest BCUT2D eigenvalue weighted by atomic mass is 16.5. The van der Waals surface area contributed by atoms with Crippen LogP contribution in [-0.4, -0.2) is 24.5 Å². The second-order valence-corrected chi connectivity index (χ2v) is 7.78. The third-order valence-electron chi connectivity index (χ3n) is 5.28. The minimum Gasteiger partial charge on any atom is -0.464 e. The summed E-state index contributed by atoms with van der Waals surface area (Å²) >= 11 is 0. The molecule has 1 amide bonds. The van der Waals surface area contributed by atoms with Crippen LogP contribution in [0.1, 0.15) is 116 Å². The Hall–Kier alpha value is -1.06. The predicted molar refractivity (Wildman–Crippen MR) is 107 cm³/mol. The van der Waals surface area contributed by atoms with Crippen LogP contribution in [0.4, 0.5) is 0 Å². The Morgan fingerprint density at radius 3 is 1.73 bits per heavy atom. The van der Waals surface area contributed by atoms with Gasteiger partial charge >= 0.3 is 5.97 Å². The first-order valence-electron chi connectivity index (χ1n) is 11.2. The lowest BCUT2D eigenvalue weighted by molar-refractivity contribution is -0.141. The second kappa shape index (κ2) is 16.1. The van der Waals surface area contributed by atoms with E-state index in [2.05, 4.69) is 12.2 Å². The first kappa shape index (κ1) is 23.0. The normalized spacial score (nSPS) is 16.7. The summed E-state index contributed by atoms with van der Waals surface area (Å²) in [6.45, 7) is 2.70. The van der Waals surface area contributed by atoms with E-state index in [1.165, 1.54) is 83.5 Å². The predicted octanol–water partition coefficient (Wildman–Crippen LogP) is 5.68. The zero-order chi connectivity index (χ0) is 18.9. The maximum absolute atomic E-state index is 11.8. The summed E-state index contributed by atoms with van der Waals surface area (Å²) in [6.07, 6.45) is 21.0. The van der Waals surface area contributed by atoms with Crippen LogP contribution >= 0.6 is 0 Å². The monoisotopic (exact) mass is 367 g/mol. The molecule has 1 aliphatic heterocycles. The summed E-state index contributed by atoms with van der Waals surface area (Å²) in [6, 6.07) is -0.404. The quantitative estimate of drug-likeness (QED) is 0.266. The molecule has 0 saturated carbocycles. The van der Waals surface area contributed by atoms with E-state index >= 15 is 0 Å². The number of unbranched alkanes of at least 4 members (excludes halogenated alkanes) is 14. The molecular formula is C22H41NO3.